The number of ether oxygens (including phenoxy) is 1. The zero-order valence-corrected chi connectivity index (χ0v) is 18.8. The van der Waals surface area contributed by atoms with Gasteiger partial charge in [0.1, 0.15) is 5.75 Å². The normalized spacial score (nSPS) is 16.9. The average molecular weight is 416 g/mol. The van der Waals surface area contributed by atoms with Crippen LogP contribution in [-0.2, 0) is 6.42 Å². The molecule has 1 aromatic heterocycles. The standard InChI is InChI=1S/C22H33N5OS/c1-5-23-22(24-11-9-21-26-16(2)17(3)29-21)25-14-18-10-12-27(15-18)19-7-6-8-20(13-19)28-4/h6-8,13,18H,5,9-12,14-15H2,1-4H3,(H2,23,24,25). The number of hydrogen-bond donors (Lipinski definition) is 2. The van der Waals surface area contributed by atoms with Crippen molar-refractivity contribution >= 4 is 23.0 Å². The molecule has 2 N–H and O–H groups in total. The van der Waals surface area contributed by atoms with Gasteiger partial charge in [-0.3, -0.25) is 4.99 Å². The molecule has 0 amide bonds. The van der Waals surface area contributed by atoms with E-state index in [-0.39, 0.29) is 0 Å². The fraction of sp³-hybridized carbons (Fsp3) is 0.545. The maximum absolute atomic E-state index is 5.36. The van der Waals surface area contributed by atoms with Crippen LogP contribution in [0, 0.1) is 19.8 Å². The molecule has 1 atom stereocenters. The number of benzene rings is 1. The highest BCUT2D eigenvalue weighted by Gasteiger charge is 2.22. The number of hydrogen-bond acceptors (Lipinski definition) is 5. The summed E-state index contributed by atoms with van der Waals surface area (Å²) in [7, 11) is 1.71. The first-order chi connectivity index (χ1) is 14.1. The summed E-state index contributed by atoms with van der Waals surface area (Å²) in [6.07, 6.45) is 2.09. The molecule has 0 aliphatic carbocycles. The van der Waals surface area contributed by atoms with E-state index in [0.29, 0.717) is 5.92 Å². The molecule has 1 unspecified atom stereocenters. The molecule has 6 nitrogen and oxygen atoms in total. The van der Waals surface area contributed by atoms with Crippen LogP contribution in [0.5, 0.6) is 5.75 Å². The first-order valence-electron chi connectivity index (χ1n) is 10.4. The van der Waals surface area contributed by atoms with Gasteiger partial charge in [-0.2, -0.15) is 0 Å². The van der Waals surface area contributed by atoms with Crippen LogP contribution in [0.25, 0.3) is 0 Å². The van der Waals surface area contributed by atoms with Gasteiger partial charge in [-0.05, 0) is 45.2 Å². The lowest BCUT2D eigenvalue weighted by Crippen LogP contribution is -2.38. The molecular formula is C22H33N5OS. The predicted molar refractivity (Wildman–Crippen MR) is 123 cm³/mol. The van der Waals surface area contributed by atoms with Crippen molar-refractivity contribution in [2.45, 2.75) is 33.6 Å². The van der Waals surface area contributed by atoms with Gasteiger partial charge in [-0.25, -0.2) is 4.98 Å². The molecule has 1 aromatic carbocycles. The van der Waals surface area contributed by atoms with Crippen molar-refractivity contribution in [3.63, 3.8) is 0 Å². The SMILES string of the molecule is CCNC(=NCC1CCN(c2cccc(OC)c2)C1)NCCc1nc(C)c(C)s1. The number of nitrogens with zero attached hydrogens (tertiary/aromatic N) is 3. The average Bonchev–Trinajstić information content (AvgIpc) is 3.33. The van der Waals surface area contributed by atoms with Crippen molar-refractivity contribution in [2.75, 3.05) is 44.7 Å². The molecule has 3 rings (SSSR count). The van der Waals surface area contributed by atoms with Gasteiger partial charge < -0.3 is 20.3 Å². The Balaban J connectivity index is 1.49. The minimum Gasteiger partial charge on any atom is -0.497 e. The van der Waals surface area contributed by atoms with Gasteiger partial charge in [0.05, 0.1) is 17.8 Å². The zero-order chi connectivity index (χ0) is 20.6. The Labute approximate surface area is 178 Å². The van der Waals surface area contributed by atoms with E-state index in [1.165, 1.54) is 15.6 Å². The molecule has 0 bridgehead atoms. The van der Waals surface area contributed by atoms with Gasteiger partial charge in [0.25, 0.3) is 0 Å². The topological polar surface area (TPSA) is 61.8 Å². The fourth-order valence-corrected chi connectivity index (χ4v) is 4.45. The van der Waals surface area contributed by atoms with Gasteiger partial charge in [0, 0.05) is 55.8 Å². The summed E-state index contributed by atoms with van der Waals surface area (Å²) in [6.45, 7) is 11.0. The molecule has 2 aromatic rings. The minimum atomic E-state index is 0.570. The van der Waals surface area contributed by atoms with Crippen LogP contribution in [0.15, 0.2) is 29.3 Å². The van der Waals surface area contributed by atoms with E-state index in [1.54, 1.807) is 18.4 Å². The van der Waals surface area contributed by atoms with E-state index < -0.39 is 0 Å². The van der Waals surface area contributed by atoms with Crippen molar-refractivity contribution in [3.8, 4) is 5.75 Å². The van der Waals surface area contributed by atoms with Gasteiger partial charge in [0.15, 0.2) is 5.96 Å². The summed E-state index contributed by atoms with van der Waals surface area (Å²) in [4.78, 5) is 13.2. The van der Waals surface area contributed by atoms with Crippen molar-refractivity contribution in [1.82, 2.24) is 15.6 Å². The smallest absolute Gasteiger partial charge is 0.191 e. The number of aromatic nitrogens is 1. The number of guanidine groups is 1. The third-order valence-electron chi connectivity index (χ3n) is 5.26. The van der Waals surface area contributed by atoms with Crippen LogP contribution >= 0.6 is 11.3 Å². The quantitative estimate of drug-likeness (QED) is 0.511. The number of nitrogens with one attached hydrogen (secondary N) is 2. The lowest BCUT2D eigenvalue weighted by atomic mass is 10.1. The van der Waals surface area contributed by atoms with Crippen molar-refractivity contribution < 1.29 is 4.74 Å². The van der Waals surface area contributed by atoms with Crippen LogP contribution in [0.2, 0.25) is 0 Å². The van der Waals surface area contributed by atoms with Crippen LogP contribution in [0.4, 0.5) is 5.69 Å². The first kappa shape index (κ1) is 21.4. The molecular weight excluding hydrogens is 382 g/mol. The summed E-state index contributed by atoms with van der Waals surface area (Å²) in [5, 5.41) is 8.00. The molecule has 0 saturated carbocycles. The molecule has 1 fully saturated rings. The molecule has 1 aliphatic rings. The summed E-state index contributed by atoms with van der Waals surface area (Å²) in [5.74, 6) is 2.38. The van der Waals surface area contributed by atoms with Gasteiger partial charge in [0.2, 0.25) is 0 Å². The predicted octanol–water partition coefficient (Wildman–Crippen LogP) is 3.39. The monoisotopic (exact) mass is 415 g/mol. The van der Waals surface area contributed by atoms with Crippen LogP contribution in [0.1, 0.15) is 28.9 Å². The maximum Gasteiger partial charge on any atom is 0.191 e. The second-order valence-corrected chi connectivity index (χ2v) is 8.74. The van der Waals surface area contributed by atoms with Crippen molar-refractivity contribution in [1.29, 1.82) is 0 Å². The van der Waals surface area contributed by atoms with E-state index >= 15 is 0 Å². The Bertz CT molecular complexity index is 800. The summed E-state index contributed by atoms with van der Waals surface area (Å²) >= 11 is 1.79. The lowest BCUT2D eigenvalue weighted by Gasteiger charge is -2.19. The minimum absolute atomic E-state index is 0.570. The third kappa shape index (κ3) is 6.10. The van der Waals surface area contributed by atoms with Gasteiger partial charge in [-0.1, -0.05) is 6.07 Å². The maximum atomic E-state index is 5.36. The van der Waals surface area contributed by atoms with E-state index in [4.69, 9.17) is 9.73 Å². The number of anilines is 1. The molecule has 0 radical (unpaired) electrons. The van der Waals surface area contributed by atoms with E-state index in [2.05, 4.69) is 59.5 Å². The number of thiazole rings is 1. The Morgan fingerprint density at radius 2 is 2.21 bits per heavy atom. The highest BCUT2D eigenvalue weighted by atomic mass is 32.1. The second kappa shape index (κ2) is 10.5. The Hall–Kier alpha value is -2.28. The van der Waals surface area contributed by atoms with Gasteiger partial charge >= 0.3 is 0 Å². The summed E-state index contributed by atoms with van der Waals surface area (Å²) in [5.41, 5.74) is 2.38. The molecule has 7 heteroatoms. The Kier molecular flexibility index (Phi) is 7.75. The Morgan fingerprint density at radius 1 is 1.34 bits per heavy atom. The highest BCUT2D eigenvalue weighted by molar-refractivity contribution is 7.11. The van der Waals surface area contributed by atoms with Crippen LogP contribution in [-0.4, -0.2) is 50.8 Å². The van der Waals surface area contributed by atoms with E-state index in [0.717, 1.165) is 63.0 Å². The highest BCUT2D eigenvalue weighted by Crippen LogP contribution is 2.27. The van der Waals surface area contributed by atoms with Crippen molar-refractivity contribution in [2.24, 2.45) is 10.9 Å². The molecule has 1 saturated heterocycles. The third-order valence-corrected chi connectivity index (χ3v) is 6.39. The molecule has 158 valence electrons. The lowest BCUT2D eigenvalue weighted by molar-refractivity contribution is 0.415. The van der Waals surface area contributed by atoms with Gasteiger partial charge in [-0.15, -0.1) is 11.3 Å². The fourth-order valence-electron chi connectivity index (χ4n) is 3.52. The zero-order valence-electron chi connectivity index (χ0n) is 18.0. The second-order valence-electron chi connectivity index (χ2n) is 7.45. The number of rotatable bonds is 8. The summed E-state index contributed by atoms with van der Waals surface area (Å²) < 4.78 is 5.36. The molecule has 2 heterocycles. The summed E-state index contributed by atoms with van der Waals surface area (Å²) in [6, 6.07) is 8.31. The number of aryl methyl sites for hydroxylation is 2. The van der Waals surface area contributed by atoms with Crippen molar-refractivity contribution in [3.05, 3.63) is 39.8 Å². The largest absolute Gasteiger partial charge is 0.497 e. The molecule has 0 spiro atoms. The molecule has 29 heavy (non-hydrogen) atoms. The van der Waals surface area contributed by atoms with E-state index in [9.17, 15) is 0 Å². The molecule has 1 aliphatic heterocycles. The Morgan fingerprint density at radius 3 is 2.93 bits per heavy atom. The van der Waals surface area contributed by atoms with Crippen LogP contribution in [0.3, 0.4) is 0 Å². The number of aliphatic imine (C=N–C) groups is 1. The number of methoxy groups -OCH3 is 1. The van der Waals surface area contributed by atoms with E-state index in [1.807, 2.05) is 6.07 Å². The van der Waals surface area contributed by atoms with Crippen LogP contribution < -0.4 is 20.3 Å². The first-order valence-corrected chi connectivity index (χ1v) is 11.2.